The molecule has 1 aliphatic heterocycles. The summed E-state index contributed by atoms with van der Waals surface area (Å²) >= 11 is 2.79. The van der Waals surface area contributed by atoms with Crippen LogP contribution in [0.25, 0.3) is 0 Å². The molecule has 1 unspecified atom stereocenters. The summed E-state index contributed by atoms with van der Waals surface area (Å²) in [5, 5.41) is 0.819. The maximum atomic E-state index is 11.8. The molecular formula is C6H13N2O2PS2. The highest BCUT2D eigenvalue weighted by Crippen LogP contribution is 2.59. The summed E-state index contributed by atoms with van der Waals surface area (Å²) in [4.78, 5) is 1.99. The van der Waals surface area contributed by atoms with E-state index in [4.69, 9.17) is 4.52 Å². The highest BCUT2D eigenvalue weighted by Gasteiger charge is 2.24. The first-order chi connectivity index (χ1) is 6.11. The SMILES string of the molecule is COP(=O)(/N=C1/SCCN1C)SC. The standard InChI is InChI=1S/C6H13N2O2PS2/c1-8-4-5-13-6(8)7-11(9,10-2)12-3/h4-5H2,1-3H3/b7-6+. The minimum Gasteiger partial charge on any atom is -0.353 e. The Kier molecular flexibility index (Phi) is 4.16. The second-order valence-corrected chi connectivity index (χ2v) is 7.90. The molecule has 1 fully saturated rings. The van der Waals surface area contributed by atoms with Gasteiger partial charge in [0, 0.05) is 26.5 Å². The van der Waals surface area contributed by atoms with Crippen molar-refractivity contribution in [2.45, 2.75) is 0 Å². The molecule has 13 heavy (non-hydrogen) atoms. The Labute approximate surface area is 86.8 Å². The van der Waals surface area contributed by atoms with Gasteiger partial charge < -0.3 is 9.42 Å². The molecule has 0 aromatic rings. The minimum absolute atomic E-state index is 0.819. The summed E-state index contributed by atoms with van der Waals surface area (Å²) in [5.41, 5.74) is 0. The van der Waals surface area contributed by atoms with Gasteiger partial charge in [0.2, 0.25) is 0 Å². The van der Waals surface area contributed by atoms with E-state index in [0.29, 0.717) is 0 Å². The molecule has 0 aliphatic carbocycles. The first-order valence-corrected chi connectivity index (χ1v) is 8.16. The highest BCUT2D eigenvalue weighted by molar-refractivity contribution is 8.56. The van der Waals surface area contributed by atoms with Crippen LogP contribution < -0.4 is 0 Å². The predicted octanol–water partition coefficient (Wildman–Crippen LogP) is 2.14. The zero-order valence-corrected chi connectivity index (χ0v) is 10.4. The third kappa shape index (κ3) is 2.91. The van der Waals surface area contributed by atoms with E-state index in [1.54, 1.807) is 18.0 Å². The van der Waals surface area contributed by atoms with Crippen LogP contribution in [0, 0.1) is 0 Å². The summed E-state index contributed by atoms with van der Waals surface area (Å²) in [6.45, 7) is -1.87. The van der Waals surface area contributed by atoms with E-state index in [0.717, 1.165) is 17.5 Å². The van der Waals surface area contributed by atoms with Crippen molar-refractivity contribution in [2.24, 2.45) is 4.76 Å². The van der Waals surface area contributed by atoms with Gasteiger partial charge in [0.25, 0.3) is 0 Å². The Balaban J connectivity index is 2.78. The van der Waals surface area contributed by atoms with Crippen LogP contribution in [0.4, 0.5) is 0 Å². The van der Waals surface area contributed by atoms with Gasteiger partial charge in [-0.05, 0) is 17.6 Å². The van der Waals surface area contributed by atoms with E-state index < -0.39 is 6.72 Å². The largest absolute Gasteiger partial charge is 0.373 e. The second kappa shape index (κ2) is 4.73. The molecule has 1 atom stereocenters. The topological polar surface area (TPSA) is 41.9 Å². The zero-order chi connectivity index (χ0) is 9.90. The van der Waals surface area contributed by atoms with Crippen molar-refractivity contribution in [3.63, 3.8) is 0 Å². The fourth-order valence-corrected chi connectivity index (χ4v) is 4.01. The molecule has 0 aromatic carbocycles. The first kappa shape index (κ1) is 11.4. The summed E-state index contributed by atoms with van der Waals surface area (Å²) in [5.74, 6) is 1.01. The molecule has 76 valence electrons. The molecule has 0 N–H and O–H groups in total. The maximum absolute atomic E-state index is 11.8. The van der Waals surface area contributed by atoms with E-state index in [1.807, 2.05) is 11.9 Å². The molecule has 0 saturated carbocycles. The molecule has 4 nitrogen and oxygen atoms in total. The van der Waals surface area contributed by atoms with Crippen LogP contribution in [0.5, 0.6) is 0 Å². The smallest absolute Gasteiger partial charge is 0.353 e. The zero-order valence-electron chi connectivity index (χ0n) is 7.89. The number of rotatable bonds is 3. The molecule has 0 radical (unpaired) electrons. The lowest BCUT2D eigenvalue weighted by Crippen LogP contribution is -2.17. The number of hydrogen-bond acceptors (Lipinski definition) is 4. The molecule has 1 aliphatic rings. The monoisotopic (exact) mass is 240 g/mol. The quantitative estimate of drug-likeness (QED) is 0.707. The fourth-order valence-electron chi connectivity index (χ4n) is 0.846. The molecule has 0 bridgehead atoms. The van der Waals surface area contributed by atoms with Crippen molar-refractivity contribution in [2.75, 3.05) is 32.7 Å². The van der Waals surface area contributed by atoms with Gasteiger partial charge >= 0.3 is 6.72 Å². The van der Waals surface area contributed by atoms with Gasteiger partial charge in [0.15, 0.2) is 5.17 Å². The van der Waals surface area contributed by atoms with E-state index in [2.05, 4.69) is 4.76 Å². The summed E-state index contributed by atoms with van der Waals surface area (Å²) in [7, 11) is 3.38. The van der Waals surface area contributed by atoms with Gasteiger partial charge in [0.1, 0.15) is 0 Å². The molecular weight excluding hydrogens is 227 g/mol. The van der Waals surface area contributed by atoms with Gasteiger partial charge in [-0.15, -0.1) is 0 Å². The number of hydrogen-bond donors (Lipinski definition) is 0. The molecule has 1 rings (SSSR count). The Hall–Kier alpha value is 0.360. The number of amidine groups is 1. The van der Waals surface area contributed by atoms with Crippen LogP contribution in [0.15, 0.2) is 4.76 Å². The summed E-state index contributed by atoms with van der Waals surface area (Å²) < 4.78 is 20.8. The average molecular weight is 240 g/mol. The molecule has 1 heterocycles. The Morgan fingerprint density at radius 1 is 1.77 bits per heavy atom. The predicted molar refractivity (Wildman–Crippen MR) is 60.7 cm³/mol. The fraction of sp³-hybridized carbons (Fsp3) is 0.833. The Morgan fingerprint density at radius 2 is 2.46 bits per heavy atom. The maximum Gasteiger partial charge on any atom is 0.373 e. The van der Waals surface area contributed by atoms with Gasteiger partial charge in [-0.25, -0.2) is 0 Å². The van der Waals surface area contributed by atoms with E-state index >= 15 is 0 Å². The van der Waals surface area contributed by atoms with Crippen LogP contribution in [-0.2, 0) is 9.09 Å². The third-order valence-corrected chi connectivity index (χ3v) is 6.27. The van der Waals surface area contributed by atoms with Gasteiger partial charge in [-0.3, -0.25) is 4.57 Å². The molecule has 7 heteroatoms. The molecule has 0 spiro atoms. The van der Waals surface area contributed by atoms with Crippen molar-refractivity contribution in [3.8, 4) is 0 Å². The van der Waals surface area contributed by atoms with Crippen LogP contribution in [-0.4, -0.2) is 42.8 Å². The Bertz CT molecular complexity index is 251. The lowest BCUT2D eigenvalue weighted by molar-refractivity contribution is 0.410. The van der Waals surface area contributed by atoms with Crippen molar-refractivity contribution < 1.29 is 9.09 Å². The van der Waals surface area contributed by atoms with Gasteiger partial charge in [-0.1, -0.05) is 11.8 Å². The van der Waals surface area contributed by atoms with Gasteiger partial charge in [0.05, 0.1) is 0 Å². The van der Waals surface area contributed by atoms with Crippen LogP contribution in [0.1, 0.15) is 0 Å². The number of thioether (sulfide) groups is 1. The third-order valence-electron chi connectivity index (χ3n) is 1.65. The average Bonchev–Trinajstić information content (AvgIpc) is 2.52. The molecule has 0 aromatic heterocycles. The van der Waals surface area contributed by atoms with Gasteiger partial charge in [-0.2, -0.15) is 4.76 Å². The second-order valence-electron chi connectivity index (χ2n) is 2.49. The van der Waals surface area contributed by atoms with Crippen molar-refractivity contribution in [3.05, 3.63) is 0 Å². The lowest BCUT2D eigenvalue weighted by Gasteiger charge is -2.13. The molecule has 1 saturated heterocycles. The van der Waals surface area contributed by atoms with E-state index in [-0.39, 0.29) is 0 Å². The van der Waals surface area contributed by atoms with Crippen LogP contribution in [0.3, 0.4) is 0 Å². The number of nitrogens with zero attached hydrogens (tertiary/aromatic N) is 2. The summed E-state index contributed by atoms with van der Waals surface area (Å²) in [6, 6.07) is 0. The van der Waals surface area contributed by atoms with Crippen molar-refractivity contribution >= 4 is 35.0 Å². The van der Waals surface area contributed by atoms with Crippen molar-refractivity contribution in [1.82, 2.24) is 4.90 Å². The molecule has 0 amide bonds. The van der Waals surface area contributed by atoms with Crippen LogP contribution in [0.2, 0.25) is 0 Å². The first-order valence-electron chi connectivity index (χ1n) is 3.77. The summed E-state index contributed by atoms with van der Waals surface area (Å²) in [6.07, 6.45) is 1.74. The highest BCUT2D eigenvalue weighted by atomic mass is 32.7. The van der Waals surface area contributed by atoms with E-state index in [9.17, 15) is 4.57 Å². The van der Waals surface area contributed by atoms with Crippen molar-refractivity contribution in [1.29, 1.82) is 0 Å². The van der Waals surface area contributed by atoms with E-state index in [1.165, 1.54) is 18.5 Å². The Morgan fingerprint density at radius 3 is 2.85 bits per heavy atom. The minimum atomic E-state index is -2.83. The normalized spacial score (nSPS) is 25.2. The lowest BCUT2D eigenvalue weighted by atomic mass is 10.7. The van der Waals surface area contributed by atoms with Crippen LogP contribution >= 0.6 is 29.9 Å².